The SMILES string of the molecule is COC(=O)C1CC(=O)N(c2cnc(Br)cn2)C1. The first-order valence-corrected chi connectivity index (χ1v) is 5.77. The number of methoxy groups -OCH3 is 1. The molecule has 0 bridgehead atoms. The predicted octanol–water partition coefficient (Wildman–Crippen LogP) is 0.765. The highest BCUT2D eigenvalue weighted by molar-refractivity contribution is 9.10. The van der Waals surface area contributed by atoms with Gasteiger partial charge in [-0.2, -0.15) is 0 Å². The fourth-order valence-corrected chi connectivity index (χ4v) is 1.90. The quantitative estimate of drug-likeness (QED) is 0.754. The molecule has 2 heterocycles. The van der Waals surface area contributed by atoms with Crippen LogP contribution in [0.5, 0.6) is 0 Å². The number of anilines is 1. The zero-order valence-corrected chi connectivity index (χ0v) is 10.7. The van der Waals surface area contributed by atoms with Gasteiger partial charge in [0.15, 0.2) is 5.82 Å². The molecule has 1 unspecified atom stereocenters. The van der Waals surface area contributed by atoms with Gasteiger partial charge in [0.05, 0.1) is 25.4 Å². The number of esters is 1. The Morgan fingerprint density at radius 1 is 1.53 bits per heavy atom. The second-order valence-electron chi connectivity index (χ2n) is 3.63. The fraction of sp³-hybridized carbons (Fsp3) is 0.400. The van der Waals surface area contributed by atoms with E-state index >= 15 is 0 Å². The van der Waals surface area contributed by atoms with Crippen molar-refractivity contribution in [3.63, 3.8) is 0 Å². The molecule has 1 fully saturated rings. The van der Waals surface area contributed by atoms with Crippen molar-refractivity contribution >= 4 is 33.6 Å². The summed E-state index contributed by atoms with van der Waals surface area (Å²) in [6, 6.07) is 0. The first-order valence-electron chi connectivity index (χ1n) is 4.97. The molecule has 1 aromatic heterocycles. The smallest absolute Gasteiger partial charge is 0.311 e. The van der Waals surface area contributed by atoms with Crippen molar-refractivity contribution < 1.29 is 14.3 Å². The molecule has 1 saturated heterocycles. The number of hydrogen-bond donors (Lipinski definition) is 0. The van der Waals surface area contributed by atoms with Crippen molar-refractivity contribution in [1.82, 2.24) is 9.97 Å². The maximum atomic E-state index is 11.7. The molecule has 7 heteroatoms. The normalized spacial score (nSPS) is 19.5. The molecule has 0 aromatic carbocycles. The molecule has 90 valence electrons. The van der Waals surface area contributed by atoms with Crippen LogP contribution < -0.4 is 4.90 Å². The van der Waals surface area contributed by atoms with E-state index < -0.39 is 5.92 Å². The van der Waals surface area contributed by atoms with E-state index in [9.17, 15) is 9.59 Å². The summed E-state index contributed by atoms with van der Waals surface area (Å²) in [5.41, 5.74) is 0. The third kappa shape index (κ3) is 2.44. The first kappa shape index (κ1) is 12.0. The summed E-state index contributed by atoms with van der Waals surface area (Å²) in [4.78, 5) is 32.6. The van der Waals surface area contributed by atoms with Crippen LogP contribution in [0.4, 0.5) is 5.82 Å². The predicted molar refractivity (Wildman–Crippen MR) is 62.2 cm³/mol. The van der Waals surface area contributed by atoms with Gasteiger partial charge in [0, 0.05) is 13.0 Å². The molecule has 0 radical (unpaired) electrons. The Balaban J connectivity index is 2.15. The molecular formula is C10H10BrN3O3. The Labute approximate surface area is 106 Å². The van der Waals surface area contributed by atoms with E-state index in [1.165, 1.54) is 24.4 Å². The van der Waals surface area contributed by atoms with Gasteiger partial charge in [-0.3, -0.25) is 14.5 Å². The van der Waals surface area contributed by atoms with Crippen LogP contribution in [-0.4, -0.2) is 35.5 Å². The molecule has 0 N–H and O–H groups in total. The fourth-order valence-electron chi connectivity index (χ4n) is 1.70. The largest absolute Gasteiger partial charge is 0.469 e. The molecule has 1 atom stereocenters. The molecular weight excluding hydrogens is 290 g/mol. The minimum Gasteiger partial charge on any atom is -0.469 e. The van der Waals surface area contributed by atoms with E-state index in [4.69, 9.17) is 0 Å². The average molecular weight is 300 g/mol. The second-order valence-corrected chi connectivity index (χ2v) is 4.44. The Hall–Kier alpha value is -1.50. The number of rotatable bonds is 2. The van der Waals surface area contributed by atoms with Gasteiger partial charge in [-0.15, -0.1) is 0 Å². The Morgan fingerprint density at radius 3 is 2.88 bits per heavy atom. The maximum absolute atomic E-state index is 11.7. The van der Waals surface area contributed by atoms with Crippen LogP contribution in [0.1, 0.15) is 6.42 Å². The summed E-state index contributed by atoms with van der Waals surface area (Å²) in [6.45, 7) is 0.293. The highest BCUT2D eigenvalue weighted by Gasteiger charge is 2.36. The average Bonchev–Trinajstić information content (AvgIpc) is 2.71. The molecule has 6 nitrogen and oxygen atoms in total. The first-order chi connectivity index (χ1) is 8.11. The number of carbonyl (C=O) groups excluding carboxylic acids is 2. The molecule has 1 amide bonds. The molecule has 17 heavy (non-hydrogen) atoms. The van der Waals surface area contributed by atoms with Gasteiger partial charge in [-0.25, -0.2) is 9.97 Å². The lowest BCUT2D eigenvalue weighted by atomic mass is 10.1. The Bertz CT molecular complexity index is 449. The van der Waals surface area contributed by atoms with E-state index in [1.807, 2.05) is 0 Å². The molecule has 0 saturated carbocycles. The standard InChI is InChI=1S/C10H10BrN3O3/c1-17-10(16)6-2-9(15)14(5-6)8-4-12-7(11)3-13-8/h3-4,6H,2,5H2,1H3. The highest BCUT2D eigenvalue weighted by atomic mass is 79.9. The van der Waals surface area contributed by atoms with Gasteiger partial charge < -0.3 is 4.74 Å². The van der Waals surface area contributed by atoms with Crippen LogP contribution in [0.3, 0.4) is 0 Å². The summed E-state index contributed by atoms with van der Waals surface area (Å²) in [5, 5.41) is 0. The van der Waals surface area contributed by atoms with Crippen molar-refractivity contribution in [2.45, 2.75) is 6.42 Å². The summed E-state index contributed by atoms with van der Waals surface area (Å²) in [7, 11) is 1.31. The van der Waals surface area contributed by atoms with Crippen LogP contribution in [0.2, 0.25) is 0 Å². The number of hydrogen-bond acceptors (Lipinski definition) is 5. The molecule has 1 aromatic rings. The number of amides is 1. The van der Waals surface area contributed by atoms with E-state index in [1.54, 1.807) is 0 Å². The number of ether oxygens (including phenoxy) is 1. The molecule has 2 rings (SSSR count). The van der Waals surface area contributed by atoms with Crippen molar-refractivity contribution in [1.29, 1.82) is 0 Å². The monoisotopic (exact) mass is 299 g/mol. The topological polar surface area (TPSA) is 72.4 Å². The van der Waals surface area contributed by atoms with Crippen molar-refractivity contribution in [3.8, 4) is 0 Å². The molecule has 1 aliphatic rings. The number of halogens is 1. The number of aromatic nitrogens is 2. The zero-order chi connectivity index (χ0) is 12.4. The van der Waals surface area contributed by atoms with Crippen molar-refractivity contribution in [2.75, 3.05) is 18.6 Å². The minimum absolute atomic E-state index is 0.142. The van der Waals surface area contributed by atoms with Crippen LogP contribution in [-0.2, 0) is 14.3 Å². The van der Waals surface area contributed by atoms with Crippen LogP contribution in [0.15, 0.2) is 17.0 Å². The van der Waals surface area contributed by atoms with Gasteiger partial charge in [0.1, 0.15) is 4.60 Å². The highest BCUT2D eigenvalue weighted by Crippen LogP contribution is 2.24. The van der Waals surface area contributed by atoms with Gasteiger partial charge in [0.2, 0.25) is 5.91 Å². The third-order valence-corrected chi connectivity index (χ3v) is 2.95. The Morgan fingerprint density at radius 2 is 2.29 bits per heavy atom. The molecule has 0 spiro atoms. The minimum atomic E-state index is -0.419. The van der Waals surface area contributed by atoms with Gasteiger partial charge in [-0.05, 0) is 15.9 Å². The van der Waals surface area contributed by atoms with Gasteiger partial charge in [0.25, 0.3) is 0 Å². The van der Waals surface area contributed by atoms with Crippen molar-refractivity contribution in [2.24, 2.45) is 5.92 Å². The van der Waals surface area contributed by atoms with Crippen molar-refractivity contribution in [3.05, 3.63) is 17.0 Å². The maximum Gasteiger partial charge on any atom is 0.311 e. The number of nitrogens with zero attached hydrogens (tertiary/aromatic N) is 3. The lowest BCUT2D eigenvalue weighted by Crippen LogP contribution is -2.27. The number of carbonyl (C=O) groups is 2. The van der Waals surface area contributed by atoms with E-state index in [0.717, 1.165) is 0 Å². The van der Waals surface area contributed by atoms with Crippen LogP contribution >= 0.6 is 15.9 Å². The summed E-state index contributed by atoms with van der Waals surface area (Å²) < 4.78 is 5.22. The van der Waals surface area contributed by atoms with Crippen LogP contribution in [0.25, 0.3) is 0 Å². The van der Waals surface area contributed by atoms with Gasteiger partial charge in [-0.1, -0.05) is 0 Å². The lowest BCUT2D eigenvalue weighted by Gasteiger charge is -2.14. The van der Waals surface area contributed by atoms with E-state index in [0.29, 0.717) is 17.0 Å². The molecule has 1 aliphatic heterocycles. The summed E-state index contributed by atoms with van der Waals surface area (Å²) >= 11 is 3.16. The second kappa shape index (κ2) is 4.79. The van der Waals surface area contributed by atoms with E-state index in [-0.39, 0.29) is 18.3 Å². The van der Waals surface area contributed by atoms with Crippen LogP contribution in [0, 0.1) is 5.92 Å². The third-order valence-electron chi connectivity index (χ3n) is 2.54. The zero-order valence-electron chi connectivity index (χ0n) is 9.09. The Kier molecular flexibility index (Phi) is 3.37. The van der Waals surface area contributed by atoms with Gasteiger partial charge >= 0.3 is 5.97 Å². The summed E-state index contributed by atoms with van der Waals surface area (Å²) in [6.07, 6.45) is 3.15. The lowest BCUT2D eigenvalue weighted by molar-refractivity contribution is -0.145. The molecule has 0 aliphatic carbocycles. The summed E-state index contributed by atoms with van der Waals surface area (Å²) in [5.74, 6) is -0.481. The van der Waals surface area contributed by atoms with E-state index in [2.05, 4.69) is 30.6 Å².